The molecule has 7 nitrogen and oxygen atoms in total. The number of rotatable bonds is 3. The van der Waals surface area contributed by atoms with Gasteiger partial charge in [0.05, 0.1) is 19.6 Å². The van der Waals surface area contributed by atoms with E-state index in [1.165, 1.54) is 0 Å². The molecule has 0 aliphatic carbocycles. The third kappa shape index (κ3) is 4.81. The lowest BCUT2D eigenvalue weighted by Gasteiger charge is -2.38. The highest BCUT2D eigenvalue weighted by Gasteiger charge is 2.26. The number of nitrogens with zero attached hydrogens (tertiary/aromatic N) is 3. The summed E-state index contributed by atoms with van der Waals surface area (Å²) in [6.07, 6.45) is 0.164. The van der Waals surface area contributed by atoms with Gasteiger partial charge in [0.25, 0.3) is 0 Å². The molecule has 2 aliphatic heterocycles. The van der Waals surface area contributed by atoms with Gasteiger partial charge in [-0.15, -0.1) is 12.4 Å². The van der Waals surface area contributed by atoms with E-state index < -0.39 is 5.97 Å². The first-order chi connectivity index (χ1) is 9.16. The number of carbonyl (C=O) groups is 2. The van der Waals surface area contributed by atoms with Gasteiger partial charge in [0.15, 0.2) is 0 Å². The zero-order valence-electron chi connectivity index (χ0n) is 11.5. The van der Waals surface area contributed by atoms with Gasteiger partial charge in [0.2, 0.25) is 0 Å². The van der Waals surface area contributed by atoms with Crippen molar-refractivity contribution >= 4 is 24.4 Å². The average molecular weight is 308 g/mol. The molecule has 0 bridgehead atoms. The molecule has 2 aliphatic rings. The number of piperazine rings is 1. The van der Waals surface area contributed by atoms with E-state index in [1.54, 1.807) is 0 Å². The molecule has 116 valence electrons. The number of halogens is 1. The molecular formula is C12H22ClN3O4. The molecule has 0 unspecified atom stereocenters. The van der Waals surface area contributed by atoms with Crippen LogP contribution in [0.25, 0.3) is 0 Å². The molecule has 1 N–H and O–H groups in total. The lowest BCUT2D eigenvalue weighted by atomic mass is 10.3. The fraction of sp³-hybridized carbons (Fsp3) is 0.833. The van der Waals surface area contributed by atoms with Crippen LogP contribution in [-0.2, 0) is 9.53 Å². The van der Waals surface area contributed by atoms with Gasteiger partial charge in [0, 0.05) is 45.8 Å². The molecule has 0 aromatic carbocycles. The number of aliphatic carboxylic acids is 1. The normalized spacial score (nSPS) is 20.4. The van der Waals surface area contributed by atoms with Crippen LogP contribution in [0.15, 0.2) is 0 Å². The molecule has 2 saturated heterocycles. The predicted molar refractivity (Wildman–Crippen MR) is 75.3 cm³/mol. The topological polar surface area (TPSA) is 73.3 Å². The largest absolute Gasteiger partial charge is 0.481 e. The monoisotopic (exact) mass is 307 g/mol. The van der Waals surface area contributed by atoms with Gasteiger partial charge in [-0.1, -0.05) is 0 Å². The van der Waals surface area contributed by atoms with Gasteiger partial charge < -0.3 is 19.6 Å². The Morgan fingerprint density at radius 1 is 0.950 bits per heavy atom. The molecule has 8 heteroatoms. The number of hydrogen-bond acceptors (Lipinski definition) is 4. The third-order valence-electron chi connectivity index (χ3n) is 3.57. The van der Waals surface area contributed by atoms with Crippen LogP contribution in [-0.4, -0.2) is 90.8 Å². The third-order valence-corrected chi connectivity index (χ3v) is 3.57. The molecule has 2 heterocycles. The van der Waals surface area contributed by atoms with Gasteiger partial charge in [-0.3, -0.25) is 9.69 Å². The number of amides is 2. The number of ether oxygens (including phenoxy) is 1. The number of morpholine rings is 1. The molecule has 0 aromatic rings. The van der Waals surface area contributed by atoms with E-state index in [9.17, 15) is 9.59 Å². The van der Waals surface area contributed by atoms with E-state index in [-0.39, 0.29) is 24.9 Å². The zero-order chi connectivity index (χ0) is 13.7. The molecule has 0 spiro atoms. The number of carboxylic acids is 1. The van der Waals surface area contributed by atoms with Crippen molar-refractivity contribution in [1.82, 2.24) is 14.7 Å². The summed E-state index contributed by atoms with van der Waals surface area (Å²) >= 11 is 0. The molecular weight excluding hydrogens is 286 g/mol. The Bertz CT molecular complexity index is 329. The zero-order valence-corrected chi connectivity index (χ0v) is 12.3. The first-order valence-electron chi connectivity index (χ1n) is 6.72. The number of carboxylic acid groups (broad SMARTS) is 1. The van der Waals surface area contributed by atoms with Gasteiger partial charge in [0.1, 0.15) is 0 Å². The van der Waals surface area contributed by atoms with Gasteiger partial charge >= 0.3 is 12.0 Å². The lowest BCUT2D eigenvalue weighted by molar-refractivity contribution is -0.137. The van der Waals surface area contributed by atoms with E-state index in [4.69, 9.17) is 9.84 Å². The van der Waals surface area contributed by atoms with Crippen molar-refractivity contribution in [3.63, 3.8) is 0 Å². The summed E-state index contributed by atoms with van der Waals surface area (Å²) in [5.41, 5.74) is 0. The van der Waals surface area contributed by atoms with Crippen molar-refractivity contribution in [3.8, 4) is 0 Å². The number of carbonyl (C=O) groups excluding carboxylic acids is 1. The Morgan fingerprint density at radius 3 is 2.05 bits per heavy atom. The fourth-order valence-electron chi connectivity index (χ4n) is 2.37. The van der Waals surface area contributed by atoms with E-state index in [0.717, 1.165) is 13.1 Å². The molecule has 2 fully saturated rings. The quantitative estimate of drug-likeness (QED) is 0.791. The van der Waals surface area contributed by atoms with Gasteiger partial charge in [-0.2, -0.15) is 0 Å². The second kappa shape index (κ2) is 8.28. The number of hydrogen-bond donors (Lipinski definition) is 1. The molecule has 20 heavy (non-hydrogen) atoms. The van der Waals surface area contributed by atoms with E-state index in [1.807, 2.05) is 9.80 Å². The van der Waals surface area contributed by atoms with Crippen molar-refractivity contribution in [3.05, 3.63) is 0 Å². The van der Waals surface area contributed by atoms with Crippen LogP contribution in [0.4, 0.5) is 4.79 Å². The van der Waals surface area contributed by atoms with Crippen molar-refractivity contribution in [2.45, 2.75) is 6.42 Å². The highest BCUT2D eigenvalue weighted by atomic mass is 35.5. The smallest absolute Gasteiger partial charge is 0.320 e. The predicted octanol–water partition coefficient (Wildman–Crippen LogP) is -0.0473. The highest BCUT2D eigenvalue weighted by Crippen LogP contribution is 2.08. The highest BCUT2D eigenvalue weighted by molar-refractivity contribution is 5.85. The minimum absolute atomic E-state index is 0. The summed E-state index contributed by atoms with van der Waals surface area (Å²) in [6.45, 7) is 5.98. The molecule has 2 rings (SSSR count). The second-order valence-electron chi connectivity index (χ2n) is 4.85. The van der Waals surface area contributed by atoms with Gasteiger partial charge in [-0.25, -0.2) is 4.79 Å². The average Bonchev–Trinajstić information content (AvgIpc) is 2.46. The van der Waals surface area contributed by atoms with E-state index in [2.05, 4.69) is 4.90 Å². The Balaban J connectivity index is 0.00000200. The van der Waals surface area contributed by atoms with Crippen LogP contribution in [0.3, 0.4) is 0 Å². The van der Waals surface area contributed by atoms with Crippen LogP contribution < -0.4 is 0 Å². The maximum atomic E-state index is 12.2. The summed E-state index contributed by atoms with van der Waals surface area (Å²) in [5.74, 6) is -0.771. The van der Waals surface area contributed by atoms with Crippen molar-refractivity contribution in [2.75, 3.05) is 59.0 Å². The van der Waals surface area contributed by atoms with E-state index in [0.29, 0.717) is 45.9 Å². The van der Waals surface area contributed by atoms with Crippen LogP contribution in [0, 0.1) is 0 Å². The van der Waals surface area contributed by atoms with Crippen LogP contribution in [0.5, 0.6) is 0 Å². The Hall–Kier alpha value is -1.05. The summed E-state index contributed by atoms with van der Waals surface area (Å²) in [6, 6.07) is 0.0844. The summed E-state index contributed by atoms with van der Waals surface area (Å²) in [4.78, 5) is 28.5. The SMILES string of the molecule is Cl.O=C(O)CCN1CCN(C(=O)N2CCOCC2)CC1. The van der Waals surface area contributed by atoms with Crippen molar-refractivity contribution in [2.24, 2.45) is 0 Å². The Kier molecular flexibility index (Phi) is 7.04. The first kappa shape index (κ1) is 17.0. The summed E-state index contributed by atoms with van der Waals surface area (Å²) in [5, 5.41) is 8.64. The molecule has 0 atom stereocenters. The van der Waals surface area contributed by atoms with Crippen molar-refractivity contribution in [1.29, 1.82) is 0 Å². The van der Waals surface area contributed by atoms with Crippen molar-refractivity contribution < 1.29 is 19.4 Å². The van der Waals surface area contributed by atoms with Gasteiger partial charge in [-0.05, 0) is 0 Å². The summed E-state index contributed by atoms with van der Waals surface area (Å²) < 4.78 is 5.23. The minimum atomic E-state index is -0.771. The maximum Gasteiger partial charge on any atom is 0.320 e. The van der Waals surface area contributed by atoms with Crippen LogP contribution in [0.1, 0.15) is 6.42 Å². The van der Waals surface area contributed by atoms with E-state index >= 15 is 0 Å². The summed E-state index contributed by atoms with van der Waals surface area (Å²) in [7, 11) is 0. The fourth-order valence-corrected chi connectivity index (χ4v) is 2.37. The van der Waals surface area contributed by atoms with Crippen LogP contribution in [0.2, 0.25) is 0 Å². The minimum Gasteiger partial charge on any atom is -0.481 e. The molecule has 0 aromatic heterocycles. The Labute approximate surface area is 124 Å². The lowest BCUT2D eigenvalue weighted by Crippen LogP contribution is -2.54. The first-order valence-corrected chi connectivity index (χ1v) is 6.72. The maximum absolute atomic E-state index is 12.2. The molecule has 0 radical (unpaired) electrons. The van der Waals surface area contributed by atoms with Crippen LogP contribution >= 0.6 is 12.4 Å². The standard InChI is InChI=1S/C12H21N3O4.ClH/c16-11(17)1-2-13-3-5-14(6-4-13)12(18)15-7-9-19-10-8-15;/h1-10H2,(H,16,17);1H. The second-order valence-corrected chi connectivity index (χ2v) is 4.85. The molecule has 0 saturated carbocycles. The molecule has 2 amide bonds. The number of urea groups is 1. The Morgan fingerprint density at radius 2 is 1.50 bits per heavy atom.